The fraction of sp³-hybridized carbons (Fsp3) is 0.462. The molecule has 31 heavy (non-hydrogen) atoms. The van der Waals surface area contributed by atoms with Crippen LogP contribution in [0.25, 0.3) is 0 Å². The molecule has 4 aliphatic rings. The monoisotopic (exact) mass is 433 g/mol. The lowest BCUT2D eigenvalue weighted by atomic mass is 9.63. The second kappa shape index (κ2) is 6.83. The van der Waals surface area contributed by atoms with E-state index in [0.717, 1.165) is 46.6 Å². The number of halogens is 1. The van der Waals surface area contributed by atoms with Crippen LogP contribution in [-0.2, 0) is 4.84 Å². The van der Waals surface area contributed by atoms with Gasteiger partial charge < -0.3 is 10.2 Å². The van der Waals surface area contributed by atoms with Crippen LogP contribution in [-0.4, -0.2) is 17.0 Å². The SMILES string of the molecule is CC1(C)C2CCC(C2)C12CC(C1=Nc3ccccc3NC(c3ccc(Cl)cc3)C1)=NO2. The first-order valence-electron chi connectivity index (χ1n) is 11.4. The number of oxime groups is 1. The van der Waals surface area contributed by atoms with Crippen molar-refractivity contribution in [2.45, 2.75) is 57.6 Å². The number of aliphatic imine (C=N–C) groups is 1. The van der Waals surface area contributed by atoms with Gasteiger partial charge in [0.1, 0.15) is 5.71 Å². The summed E-state index contributed by atoms with van der Waals surface area (Å²) in [5.41, 5.74) is 5.26. The van der Waals surface area contributed by atoms with Crippen LogP contribution in [0, 0.1) is 17.3 Å². The molecule has 160 valence electrons. The molecule has 2 bridgehead atoms. The van der Waals surface area contributed by atoms with Gasteiger partial charge in [-0.25, -0.2) is 4.99 Å². The summed E-state index contributed by atoms with van der Waals surface area (Å²) in [6.45, 7) is 4.77. The molecule has 2 aliphatic carbocycles. The van der Waals surface area contributed by atoms with E-state index in [1.165, 1.54) is 24.8 Å². The molecule has 0 radical (unpaired) electrons. The summed E-state index contributed by atoms with van der Waals surface area (Å²) in [6.07, 6.45) is 5.51. The summed E-state index contributed by atoms with van der Waals surface area (Å²) in [4.78, 5) is 11.5. The minimum absolute atomic E-state index is 0.104. The van der Waals surface area contributed by atoms with Gasteiger partial charge in [-0.15, -0.1) is 0 Å². The second-order valence-electron chi connectivity index (χ2n) is 10.2. The van der Waals surface area contributed by atoms with E-state index < -0.39 is 0 Å². The highest BCUT2D eigenvalue weighted by Crippen LogP contribution is 2.65. The summed E-state index contributed by atoms with van der Waals surface area (Å²) in [5.74, 6) is 1.35. The van der Waals surface area contributed by atoms with Gasteiger partial charge in [-0.05, 0) is 55.0 Å². The van der Waals surface area contributed by atoms with E-state index in [9.17, 15) is 0 Å². The second-order valence-corrected chi connectivity index (χ2v) is 10.6. The van der Waals surface area contributed by atoms with Gasteiger partial charge >= 0.3 is 0 Å². The van der Waals surface area contributed by atoms with Crippen molar-refractivity contribution in [2.75, 3.05) is 5.32 Å². The van der Waals surface area contributed by atoms with Gasteiger partial charge in [0.05, 0.1) is 23.1 Å². The molecule has 6 rings (SSSR count). The van der Waals surface area contributed by atoms with Gasteiger partial charge in [0.25, 0.3) is 0 Å². The van der Waals surface area contributed by atoms with E-state index in [1.54, 1.807) is 0 Å². The van der Waals surface area contributed by atoms with Crippen LogP contribution in [0.1, 0.15) is 57.6 Å². The molecule has 0 amide bonds. The molecule has 2 heterocycles. The van der Waals surface area contributed by atoms with E-state index in [-0.39, 0.29) is 17.1 Å². The van der Waals surface area contributed by atoms with Crippen LogP contribution >= 0.6 is 11.6 Å². The average molecular weight is 434 g/mol. The highest BCUT2D eigenvalue weighted by Gasteiger charge is 2.67. The summed E-state index contributed by atoms with van der Waals surface area (Å²) in [7, 11) is 0. The van der Waals surface area contributed by atoms with Crippen LogP contribution in [0.4, 0.5) is 11.4 Å². The summed E-state index contributed by atoms with van der Waals surface area (Å²) < 4.78 is 0. The maximum atomic E-state index is 6.37. The normalized spacial score (nSPS) is 32.7. The Hall–Kier alpha value is -2.33. The lowest BCUT2D eigenvalue weighted by molar-refractivity contribution is -0.135. The quantitative estimate of drug-likeness (QED) is 0.557. The smallest absolute Gasteiger partial charge is 0.151 e. The first-order valence-corrected chi connectivity index (χ1v) is 11.8. The van der Waals surface area contributed by atoms with Gasteiger partial charge in [0.2, 0.25) is 0 Å². The first kappa shape index (κ1) is 19.4. The molecule has 0 aromatic heterocycles. The van der Waals surface area contributed by atoms with Crippen molar-refractivity contribution < 1.29 is 4.84 Å². The molecule has 2 aliphatic heterocycles. The number of benzene rings is 2. The van der Waals surface area contributed by atoms with E-state index in [4.69, 9.17) is 26.6 Å². The first-order chi connectivity index (χ1) is 15.0. The number of hydrogen-bond donors (Lipinski definition) is 1. The molecule has 1 spiro atoms. The highest BCUT2D eigenvalue weighted by atomic mass is 35.5. The minimum Gasteiger partial charge on any atom is -0.388 e. The highest BCUT2D eigenvalue weighted by molar-refractivity contribution is 6.43. The zero-order valence-electron chi connectivity index (χ0n) is 18.1. The van der Waals surface area contributed by atoms with Crippen LogP contribution < -0.4 is 5.32 Å². The molecule has 0 saturated heterocycles. The molecule has 2 aromatic carbocycles. The molecule has 2 fully saturated rings. The van der Waals surface area contributed by atoms with E-state index >= 15 is 0 Å². The Balaban J connectivity index is 1.36. The molecular weight excluding hydrogens is 406 g/mol. The van der Waals surface area contributed by atoms with Crippen molar-refractivity contribution in [3.05, 3.63) is 59.1 Å². The standard InChI is InChI=1S/C26H28ClN3O/c1-25(2)17-9-10-18(13-17)26(25)15-24(30-31-26)23-14-22(16-7-11-19(27)12-8-16)28-20-5-3-4-6-21(20)29-23/h3-8,11-12,17-18,22,28H,9-10,13-15H2,1-2H3. The number of anilines is 1. The molecule has 4 atom stereocenters. The fourth-order valence-electron chi connectivity index (χ4n) is 6.50. The molecular formula is C26H28ClN3O. The Morgan fingerprint density at radius 3 is 2.55 bits per heavy atom. The van der Waals surface area contributed by atoms with Crippen LogP contribution in [0.5, 0.6) is 0 Å². The Bertz CT molecular complexity index is 1090. The predicted molar refractivity (Wildman–Crippen MR) is 126 cm³/mol. The third kappa shape index (κ3) is 2.87. The van der Waals surface area contributed by atoms with E-state index in [2.05, 4.69) is 43.4 Å². The molecule has 5 heteroatoms. The van der Waals surface area contributed by atoms with Crippen molar-refractivity contribution >= 4 is 34.4 Å². The zero-order valence-corrected chi connectivity index (χ0v) is 18.8. The zero-order chi connectivity index (χ0) is 21.2. The summed E-state index contributed by atoms with van der Waals surface area (Å²) >= 11 is 6.14. The topological polar surface area (TPSA) is 46.0 Å². The van der Waals surface area contributed by atoms with Gasteiger partial charge in [0.15, 0.2) is 5.60 Å². The molecule has 2 saturated carbocycles. The van der Waals surface area contributed by atoms with Crippen molar-refractivity contribution in [1.29, 1.82) is 0 Å². The molecule has 1 N–H and O–H groups in total. The lowest BCUT2D eigenvalue weighted by Gasteiger charge is -2.44. The van der Waals surface area contributed by atoms with Gasteiger partial charge in [-0.3, -0.25) is 0 Å². The lowest BCUT2D eigenvalue weighted by Crippen LogP contribution is -2.49. The van der Waals surface area contributed by atoms with Crippen LogP contribution in [0.15, 0.2) is 58.7 Å². The molecule has 4 unspecified atom stereocenters. The van der Waals surface area contributed by atoms with E-state index in [1.807, 2.05) is 24.3 Å². The minimum atomic E-state index is -0.164. The Morgan fingerprint density at radius 1 is 1.00 bits per heavy atom. The maximum Gasteiger partial charge on any atom is 0.151 e. The predicted octanol–water partition coefficient (Wildman–Crippen LogP) is 6.94. The molecule has 4 nitrogen and oxygen atoms in total. The van der Waals surface area contributed by atoms with Crippen molar-refractivity contribution in [3.63, 3.8) is 0 Å². The van der Waals surface area contributed by atoms with Crippen molar-refractivity contribution in [2.24, 2.45) is 27.4 Å². The summed E-state index contributed by atoms with van der Waals surface area (Å²) in [5, 5.41) is 9.15. The van der Waals surface area contributed by atoms with E-state index in [0.29, 0.717) is 5.92 Å². The van der Waals surface area contributed by atoms with Gasteiger partial charge in [0, 0.05) is 29.2 Å². The van der Waals surface area contributed by atoms with Gasteiger partial charge in [-0.1, -0.05) is 54.9 Å². The maximum absolute atomic E-state index is 6.37. The Morgan fingerprint density at radius 2 is 1.77 bits per heavy atom. The van der Waals surface area contributed by atoms with Crippen molar-refractivity contribution in [1.82, 2.24) is 0 Å². The summed E-state index contributed by atoms with van der Waals surface area (Å²) in [6, 6.07) is 16.5. The molecule has 2 aromatic rings. The van der Waals surface area contributed by atoms with Crippen molar-refractivity contribution in [3.8, 4) is 0 Å². The Labute approximate surface area is 188 Å². The van der Waals surface area contributed by atoms with Crippen LogP contribution in [0.3, 0.4) is 0 Å². The Kier molecular flexibility index (Phi) is 4.27. The number of fused-ring (bicyclic) bond motifs is 4. The van der Waals surface area contributed by atoms with Crippen LogP contribution in [0.2, 0.25) is 5.02 Å². The number of nitrogens with one attached hydrogen (secondary N) is 1. The third-order valence-corrected chi connectivity index (χ3v) is 8.70. The largest absolute Gasteiger partial charge is 0.388 e. The van der Waals surface area contributed by atoms with Gasteiger partial charge in [-0.2, -0.15) is 0 Å². The number of para-hydroxylation sites is 2. The number of rotatable bonds is 2. The fourth-order valence-corrected chi connectivity index (χ4v) is 6.62. The third-order valence-electron chi connectivity index (χ3n) is 8.44. The average Bonchev–Trinajstić information content (AvgIpc) is 3.43. The number of nitrogens with zero attached hydrogens (tertiary/aromatic N) is 2. The number of hydrogen-bond acceptors (Lipinski definition) is 4.